The van der Waals surface area contributed by atoms with Crippen LogP contribution in [0.4, 0.5) is 0 Å². The van der Waals surface area contributed by atoms with E-state index in [1.165, 1.54) is 0 Å². The lowest BCUT2D eigenvalue weighted by atomic mass is 10.1. The second kappa shape index (κ2) is 13.4. The number of amides is 5. The summed E-state index contributed by atoms with van der Waals surface area (Å²) in [5.41, 5.74) is 15.5. The van der Waals surface area contributed by atoms with Gasteiger partial charge in [-0.3, -0.25) is 24.0 Å². The zero-order valence-electron chi connectivity index (χ0n) is 16.7. The van der Waals surface area contributed by atoms with Crippen molar-refractivity contribution in [2.75, 3.05) is 5.75 Å². The van der Waals surface area contributed by atoms with Gasteiger partial charge in [0.05, 0.1) is 18.6 Å². The molecule has 15 heteroatoms. The highest BCUT2D eigenvalue weighted by atomic mass is 32.1. The van der Waals surface area contributed by atoms with Gasteiger partial charge in [-0.25, -0.2) is 4.79 Å². The lowest BCUT2D eigenvalue weighted by molar-refractivity contribution is -0.144. The third-order valence-electron chi connectivity index (χ3n) is 3.94. The molecule has 0 heterocycles. The number of carboxylic acid groups (broad SMARTS) is 1. The van der Waals surface area contributed by atoms with Crippen LogP contribution < -0.4 is 33.2 Å². The van der Waals surface area contributed by atoms with E-state index in [1.54, 1.807) is 0 Å². The fourth-order valence-corrected chi connectivity index (χ4v) is 2.48. The number of aliphatic carboxylic acids is 1. The second-order valence-electron chi connectivity index (χ2n) is 6.65. The number of nitrogens with one attached hydrogen (secondary N) is 3. The molecule has 31 heavy (non-hydrogen) atoms. The molecule has 0 saturated carbocycles. The summed E-state index contributed by atoms with van der Waals surface area (Å²) in [7, 11) is 0. The summed E-state index contributed by atoms with van der Waals surface area (Å²) < 4.78 is 0. The van der Waals surface area contributed by atoms with Gasteiger partial charge in [0, 0.05) is 12.2 Å². The first-order valence-corrected chi connectivity index (χ1v) is 9.68. The van der Waals surface area contributed by atoms with Crippen molar-refractivity contribution < 1.29 is 39.0 Å². The Morgan fingerprint density at radius 2 is 1.45 bits per heavy atom. The molecule has 0 aliphatic rings. The summed E-state index contributed by atoms with van der Waals surface area (Å²) in [5.74, 6) is -6.21. The molecule has 5 unspecified atom stereocenters. The number of hydrogen-bond acceptors (Lipinski definition) is 9. The molecule has 0 fully saturated rings. The summed E-state index contributed by atoms with van der Waals surface area (Å²) in [6.45, 7) is 1.16. The second-order valence-corrected chi connectivity index (χ2v) is 7.02. The monoisotopic (exact) mass is 464 g/mol. The minimum Gasteiger partial charge on any atom is -0.480 e. The van der Waals surface area contributed by atoms with Crippen LogP contribution in [-0.4, -0.2) is 81.7 Å². The number of carbonyl (C=O) groups excluding carboxylic acids is 5. The molecule has 0 aromatic carbocycles. The van der Waals surface area contributed by atoms with Gasteiger partial charge in [0.2, 0.25) is 29.5 Å². The largest absolute Gasteiger partial charge is 0.480 e. The molecule has 5 atom stereocenters. The fourth-order valence-electron chi connectivity index (χ4n) is 2.22. The van der Waals surface area contributed by atoms with E-state index in [1.807, 2.05) is 5.32 Å². The summed E-state index contributed by atoms with van der Waals surface area (Å²) >= 11 is 3.95. The number of aliphatic hydroxyl groups is 1. The quantitative estimate of drug-likeness (QED) is 0.112. The summed E-state index contributed by atoms with van der Waals surface area (Å²) in [5, 5.41) is 25.3. The lowest BCUT2D eigenvalue weighted by Crippen LogP contribution is -2.60. The first-order chi connectivity index (χ1) is 14.3. The van der Waals surface area contributed by atoms with Crippen molar-refractivity contribution in [3.05, 3.63) is 0 Å². The number of carboxylic acids is 1. The third kappa shape index (κ3) is 10.6. The van der Waals surface area contributed by atoms with Crippen LogP contribution in [0.25, 0.3) is 0 Å². The van der Waals surface area contributed by atoms with Crippen molar-refractivity contribution in [1.29, 1.82) is 0 Å². The molecule has 176 valence electrons. The van der Waals surface area contributed by atoms with E-state index in [0.717, 1.165) is 6.92 Å². The molecular formula is C16H28N6O8S. The number of hydrogen-bond donors (Lipinski definition) is 9. The highest BCUT2D eigenvalue weighted by Crippen LogP contribution is 2.01. The van der Waals surface area contributed by atoms with Crippen molar-refractivity contribution in [1.82, 2.24) is 16.0 Å². The smallest absolute Gasteiger partial charge is 0.326 e. The van der Waals surface area contributed by atoms with E-state index >= 15 is 0 Å². The lowest BCUT2D eigenvalue weighted by Gasteiger charge is -2.25. The molecule has 0 aliphatic heterocycles. The number of aliphatic hydroxyl groups excluding tert-OH is 1. The Bertz CT molecular complexity index is 704. The Labute approximate surface area is 183 Å². The van der Waals surface area contributed by atoms with Gasteiger partial charge in [0.25, 0.3) is 0 Å². The normalized spacial score (nSPS) is 15.5. The molecule has 0 saturated heterocycles. The van der Waals surface area contributed by atoms with Crippen molar-refractivity contribution in [3.63, 3.8) is 0 Å². The molecule has 14 nitrogen and oxygen atoms in total. The molecule has 11 N–H and O–H groups in total. The predicted octanol–water partition coefficient (Wildman–Crippen LogP) is -4.70. The standard InChI is InChI=1S/C16H28N6O8S/c1-6(23)12(15(28)20-8(16(29)30)4-11(19)25)22-14(27)9(5-31)21-13(26)7(17)2-3-10(18)24/h6-9,12,23,31H,2-5,17H2,1H3,(H2,18,24)(H2,19,25)(H,20,28)(H,21,26)(H,22,27)(H,29,30). The van der Waals surface area contributed by atoms with Crippen molar-refractivity contribution in [2.45, 2.75) is 56.5 Å². The first-order valence-electron chi connectivity index (χ1n) is 9.05. The highest BCUT2D eigenvalue weighted by Gasteiger charge is 2.32. The van der Waals surface area contributed by atoms with E-state index in [2.05, 4.69) is 23.3 Å². The van der Waals surface area contributed by atoms with Crippen molar-refractivity contribution in [3.8, 4) is 0 Å². The van der Waals surface area contributed by atoms with Crippen LogP contribution in [0.3, 0.4) is 0 Å². The average Bonchev–Trinajstić information content (AvgIpc) is 2.66. The van der Waals surface area contributed by atoms with E-state index in [0.29, 0.717) is 0 Å². The van der Waals surface area contributed by atoms with Crippen LogP contribution in [0.15, 0.2) is 0 Å². The zero-order valence-corrected chi connectivity index (χ0v) is 17.6. The molecule has 0 rings (SSSR count). The molecule has 0 aromatic heterocycles. The number of carbonyl (C=O) groups is 6. The zero-order chi connectivity index (χ0) is 24.3. The highest BCUT2D eigenvalue weighted by molar-refractivity contribution is 7.80. The van der Waals surface area contributed by atoms with Crippen LogP contribution >= 0.6 is 12.6 Å². The van der Waals surface area contributed by atoms with Crippen LogP contribution in [0.5, 0.6) is 0 Å². The summed E-state index contributed by atoms with van der Waals surface area (Å²) in [4.78, 5) is 69.7. The molecule has 0 aromatic rings. The molecule has 5 amide bonds. The predicted molar refractivity (Wildman–Crippen MR) is 109 cm³/mol. The fraction of sp³-hybridized carbons (Fsp3) is 0.625. The van der Waals surface area contributed by atoms with E-state index in [-0.39, 0.29) is 18.6 Å². The van der Waals surface area contributed by atoms with E-state index in [4.69, 9.17) is 22.3 Å². The Morgan fingerprint density at radius 1 is 0.903 bits per heavy atom. The van der Waals surface area contributed by atoms with Crippen molar-refractivity contribution >= 4 is 48.1 Å². The van der Waals surface area contributed by atoms with Crippen LogP contribution in [0.1, 0.15) is 26.2 Å². The molecule has 0 spiro atoms. The van der Waals surface area contributed by atoms with Gasteiger partial charge in [-0.05, 0) is 13.3 Å². The number of rotatable bonds is 14. The van der Waals surface area contributed by atoms with Crippen molar-refractivity contribution in [2.24, 2.45) is 17.2 Å². The van der Waals surface area contributed by atoms with E-state index < -0.39 is 72.2 Å². The van der Waals surface area contributed by atoms with Gasteiger partial charge in [-0.1, -0.05) is 0 Å². The minimum absolute atomic E-state index is 0.0583. The van der Waals surface area contributed by atoms with Gasteiger partial charge in [-0.15, -0.1) is 0 Å². The van der Waals surface area contributed by atoms with Gasteiger partial charge in [0.15, 0.2) is 0 Å². The van der Waals surface area contributed by atoms with Crippen LogP contribution in [0.2, 0.25) is 0 Å². The molecule has 0 aliphatic carbocycles. The van der Waals surface area contributed by atoms with Gasteiger partial charge in [0.1, 0.15) is 18.1 Å². The van der Waals surface area contributed by atoms with Gasteiger partial charge in [-0.2, -0.15) is 12.6 Å². The van der Waals surface area contributed by atoms with Crippen LogP contribution in [0, 0.1) is 0 Å². The van der Waals surface area contributed by atoms with Gasteiger partial charge >= 0.3 is 5.97 Å². The first kappa shape index (κ1) is 28.1. The molecular weight excluding hydrogens is 436 g/mol. The number of nitrogens with two attached hydrogens (primary N) is 3. The molecule has 0 radical (unpaired) electrons. The SMILES string of the molecule is CC(O)C(NC(=O)C(CS)NC(=O)C(N)CCC(N)=O)C(=O)NC(CC(N)=O)C(=O)O. The minimum atomic E-state index is -1.67. The van der Waals surface area contributed by atoms with E-state index in [9.17, 15) is 33.9 Å². The third-order valence-corrected chi connectivity index (χ3v) is 4.30. The number of thiol groups is 1. The summed E-state index contributed by atoms with van der Waals surface area (Å²) in [6.07, 6.45) is -2.38. The van der Waals surface area contributed by atoms with Gasteiger partial charge < -0.3 is 43.4 Å². The van der Waals surface area contributed by atoms with Crippen LogP contribution in [-0.2, 0) is 28.8 Å². The Hall–Kier alpha value is -2.91. The Kier molecular flexibility index (Phi) is 12.1. The maximum Gasteiger partial charge on any atom is 0.326 e. The Morgan fingerprint density at radius 3 is 1.87 bits per heavy atom. The maximum atomic E-state index is 12.4. The number of primary amides is 2. The average molecular weight is 465 g/mol. The molecule has 0 bridgehead atoms. The maximum absolute atomic E-state index is 12.4. The summed E-state index contributed by atoms with van der Waals surface area (Å²) in [6, 6.07) is -5.70. The Balaban J connectivity index is 5.16. The topological polar surface area (TPSA) is 257 Å².